The standard InChI is InChI=1S/C17H16N2O2.C6H8O2/c18-14-5-1-12(2-6-14)11-13-3-7-15(8-4-13)19-16(20)9-10-17(19)21;1-5(7)3-4-6(2)8/h1,3-5,7-10H,2,6,11,18H2;3-4H,1-2H3/b;4-3-. The topological polar surface area (TPSA) is 97.5 Å². The first kappa shape index (κ1) is 21.8. The number of allylic oxidation sites excluding steroid dienone is 6. The van der Waals surface area contributed by atoms with Gasteiger partial charge < -0.3 is 5.73 Å². The predicted octanol–water partition coefficient (Wildman–Crippen LogP) is 2.94. The van der Waals surface area contributed by atoms with Gasteiger partial charge in [-0.2, -0.15) is 0 Å². The summed E-state index contributed by atoms with van der Waals surface area (Å²) in [6, 6.07) is 7.53. The van der Waals surface area contributed by atoms with Crippen LogP contribution < -0.4 is 10.6 Å². The smallest absolute Gasteiger partial charge is 0.258 e. The minimum atomic E-state index is -0.289. The lowest BCUT2D eigenvalue weighted by molar-refractivity contribution is -0.120. The summed E-state index contributed by atoms with van der Waals surface area (Å²) < 4.78 is 0. The minimum absolute atomic E-state index is 0.0970. The zero-order chi connectivity index (χ0) is 21.4. The second-order valence-corrected chi connectivity index (χ2v) is 6.81. The third kappa shape index (κ3) is 6.84. The lowest BCUT2D eigenvalue weighted by Crippen LogP contribution is -2.29. The van der Waals surface area contributed by atoms with E-state index >= 15 is 0 Å². The van der Waals surface area contributed by atoms with Crippen LogP contribution in [0.15, 0.2) is 72.0 Å². The molecule has 6 heteroatoms. The number of rotatable bonds is 5. The van der Waals surface area contributed by atoms with Crippen LogP contribution in [0.4, 0.5) is 5.69 Å². The van der Waals surface area contributed by atoms with Crippen molar-refractivity contribution in [3.8, 4) is 0 Å². The number of benzene rings is 1. The summed E-state index contributed by atoms with van der Waals surface area (Å²) in [4.78, 5) is 44.6. The number of nitrogens with two attached hydrogens (primary N) is 1. The summed E-state index contributed by atoms with van der Waals surface area (Å²) in [5.41, 5.74) is 9.78. The van der Waals surface area contributed by atoms with Gasteiger partial charge in [0.2, 0.25) is 0 Å². The van der Waals surface area contributed by atoms with Gasteiger partial charge in [0.1, 0.15) is 0 Å². The van der Waals surface area contributed by atoms with Crippen LogP contribution in [0, 0.1) is 0 Å². The average Bonchev–Trinajstić information content (AvgIpc) is 3.01. The van der Waals surface area contributed by atoms with Crippen molar-refractivity contribution < 1.29 is 19.2 Å². The van der Waals surface area contributed by atoms with Crippen molar-refractivity contribution in [1.82, 2.24) is 0 Å². The highest BCUT2D eigenvalue weighted by molar-refractivity contribution is 6.28. The number of hydrogen-bond acceptors (Lipinski definition) is 5. The Bertz CT molecular complexity index is 900. The van der Waals surface area contributed by atoms with E-state index in [2.05, 4.69) is 6.08 Å². The third-order valence-electron chi connectivity index (χ3n) is 4.26. The van der Waals surface area contributed by atoms with E-state index in [0.717, 1.165) is 30.5 Å². The second kappa shape index (κ2) is 10.1. The molecule has 2 amide bonds. The maximum Gasteiger partial charge on any atom is 0.258 e. The van der Waals surface area contributed by atoms with Crippen LogP contribution in [0.3, 0.4) is 0 Å². The summed E-state index contributed by atoms with van der Waals surface area (Å²) in [5, 5.41) is 0. The van der Waals surface area contributed by atoms with Gasteiger partial charge in [0.05, 0.1) is 5.69 Å². The number of ketones is 2. The molecular weight excluding hydrogens is 368 g/mol. The van der Waals surface area contributed by atoms with E-state index in [1.54, 1.807) is 0 Å². The number of anilines is 1. The molecule has 0 spiro atoms. The quantitative estimate of drug-likeness (QED) is 0.614. The molecule has 0 radical (unpaired) electrons. The fourth-order valence-electron chi connectivity index (χ4n) is 2.76. The molecule has 0 atom stereocenters. The van der Waals surface area contributed by atoms with Crippen LogP contribution >= 0.6 is 0 Å². The Morgan fingerprint density at radius 2 is 1.48 bits per heavy atom. The largest absolute Gasteiger partial charge is 0.402 e. The summed E-state index contributed by atoms with van der Waals surface area (Å²) >= 11 is 0. The van der Waals surface area contributed by atoms with Gasteiger partial charge in [-0.05, 0) is 69.0 Å². The van der Waals surface area contributed by atoms with Crippen molar-refractivity contribution in [2.75, 3.05) is 4.90 Å². The predicted molar refractivity (Wildman–Crippen MR) is 112 cm³/mol. The zero-order valence-electron chi connectivity index (χ0n) is 16.6. The van der Waals surface area contributed by atoms with Gasteiger partial charge in [0, 0.05) is 17.8 Å². The highest BCUT2D eigenvalue weighted by Crippen LogP contribution is 2.23. The molecule has 2 N–H and O–H groups in total. The normalized spacial score (nSPS) is 15.7. The average molecular weight is 392 g/mol. The van der Waals surface area contributed by atoms with Crippen molar-refractivity contribution in [3.63, 3.8) is 0 Å². The van der Waals surface area contributed by atoms with Gasteiger partial charge in [-0.1, -0.05) is 23.8 Å². The molecule has 29 heavy (non-hydrogen) atoms. The number of amides is 2. The summed E-state index contributed by atoms with van der Waals surface area (Å²) in [6.07, 6.45) is 11.9. The van der Waals surface area contributed by atoms with E-state index in [0.29, 0.717) is 5.69 Å². The fraction of sp³-hybridized carbons (Fsp3) is 0.217. The van der Waals surface area contributed by atoms with Crippen molar-refractivity contribution in [2.24, 2.45) is 5.73 Å². The highest BCUT2D eigenvalue weighted by Gasteiger charge is 2.24. The van der Waals surface area contributed by atoms with Gasteiger partial charge in [-0.3, -0.25) is 19.2 Å². The highest BCUT2D eigenvalue weighted by atomic mass is 16.2. The van der Waals surface area contributed by atoms with Gasteiger partial charge in [-0.25, -0.2) is 4.90 Å². The van der Waals surface area contributed by atoms with E-state index < -0.39 is 0 Å². The van der Waals surface area contributed by atoms with E-state index in [1.807, 2.05) is 30.3 Å². The number of hydrogen-bond donors (Lipinski definition) is 1. The van der Waals surface area contributed by atoms with E-state index in [9.17, 15) is 19.2 Å². The van der Waals surface area contributed by atoms with Crippen LogP contribution in [-0.4, -0.2) is 23.4 Å². The van der Waals surface area contributed by atoms with Crippen molar-refractivity contribution in [2.45, 2.75) is 33.1 Å². The fourth-order valence-corrected chi connectivity index (χ4v) is 2.76. The summed E-state index contributed by atoms with van der Waals surface area (Å²) in [6.45, 7) is 2.80. The third-order valence-corrected chi connectivity index (χ3v) is 4.26. The van der Waals surface area contributed by atoms with Crippen LogP contribution in [0.25, 0.3) is 0 Å². The van der Waals surface area contributed by atoms with Crippen LogP contribution in [0.2, 0.25) is 0 Å². The van der Waals surface area contributed by atoms with Gasteiger partial charge in [0.15, 0.2) is 11.6 Å². The zero-order valence-corrected chi connectivity index (χ0v) is 16.6. The van der Waals surface area contributed by atoms with Crippen molar-refractivity contribution >= 4 is 29.1 Å². The minimum Gasteiger partial charge on any atom is -0.402 e. The molecule has 1 aromatic rings. The molecule has 0 unspecified atom stereocenters. The number of carbonyl (C=O) groups is 4. The molecule has 1 heterocycles. The number of imide groups is 1. The first-order valence-corrected chi connectivity index (χ1v) is 9.24. The molecular formula is C23H24N2O4. The molecule has 0 aromatic heterocycles. The SMILES string of the molecule is CC(=O)/C=C\C(C)=O.NC1=CC=C(Cc2ccc(N3C(=O)C=CC3=O)cc2)CC1. The Morgan fingerprint density at radius 3 is 1.93 bits per heavy atom. The molecule has 1 aliphatic carbocycles. The summed E-state index contributed by atoms with van der Waals surface area (Å²) in [7, 11) is 0. The maximum absolute atomic E-state index is 11.6. The van der Waals surface area contributed by atoms with E-state index in [-0.39, 0.29) is 23.4 Å². The molecule has 150 valence electrons. The van der Waals surface area contributed by atoms with Gasteiger partial charge in [-0.15, -0.1) is 0 Å². The monoisotopic (exact) mass is 392 g/mol. The van der Waals surface area contributed by atoms with Crippen LogP contribution in [0.1, 0.15) is 32.3 Å². The molecule has 2 aliphatic rings. The first-order chi connectivity index (χ1) is 13.8. The second-order valence-electron chi connectivity index (χ2n) is 6.81. The summed E-state index contributed by atoms with van der Waals surface area (Å²) in [5.74, 6) is -0.771. The molecule has 1 aromatic carbocycles. The Balaban J connectivity index is 0.000000321. The molecule has 6 nitrogen and oxygen atoms in total. The Morgan fingerprint density at radius 1 is 0.931 bits per heavy atom. The molecule has 0 fully saturated rings. The number of nitrogens with zero attached hydrogens (tertiary/aromatic N) is 1. The first-order valence-electron chi connectivity index (χ1n) is 9.24. The molecule has 1 aliphatic heterocycles. The molecule has 3 rings (SSSR count). The van der Waals surface area contributed by atoms with Crippen molar-refractivity contribution in [3.05, 3.63) is 77.6 Å². The maximum atomic E-state index is 11.6. The lowest BCUT2D eigenvalue weighted by atomic mass is 9.96. The van der Waals surface area contributed by atoms with Crippen LogP contribution in [0.5, 0.6) is 0 Å². The molecule has 0 saturated heterocycles. The van der Waals surface area contributed by atoms with Crippen molar-refractivity contribution in [1.29, 1.82) is 0 Å². The molecule has 0 bridgehead atoms. The Labute approximate surface area is 170 Å². The Hall–Kier alpha value is -3.54. The lowest BCUT2D eigenvalue weighted by Gasteiger charge is -2.15. The Kier molecular flexibility index (Phi) is 7.60. The van der Waals surface area contributed by atoms with E-state index in [4.69, 9.17) is 5.73 Å². The molecule has 0 saturated carbocycles. The number of carbonyl (C=O) groups excluding carboxylic acids is 4. The van der Waals surface area contributed by atoms with Gasteiger partial charge >= 0.3 is 0 Å². The van der Waals surface area contributed by atoms with Crippen LogP contribution in [-0.2, 0) is 25.6 Å². The van der Waals surface area contributed by atoms with E-state index in [1.165, 1.54) is 48.6 Å². The van der Waals surface area contributed by atoms with Gasteiger partial charge in [0.25, 0.3) is 11.8 Å².